The molecule has 13 nitrogen and oxygen atoms in total. The van der Waals surface area contributed by atoms with Crippen LogP contribution >= 0.6 is 11.8 Å². The van der Waals surface area contributed by atoms with Gasteiger partial charge in [-0.1, -0.05) is 47.3 Å². The number of hydrazone groups is 1. The molecule has 0 aliphatic rings. The molecule has 0 unspecified atom stereocenters. The molecule has 0 aliphatic carbocycles. The molecular formula is C19H21N11O2S. The van der Waals surface area contributed by atoms with Crippen LogP contribution in [-0.4, -0.2) is 51.7 Å². The van der Waals surface area contributed by atoms with Crippen molar-refractivity contribution in [3.8, 4) is 5.82 Å². The fraction of sp³-hybridized carbons (Fsp3) is 0.263. The summed E-state index contributed by atoms with van der Waals surface area (Å²) >= 11 is 1.34. The van der Waals surface area contributed by atoms with Gasteiger partial charge < -0.3 is 10.3 Å². The lowest BCUT2D eigenvalue weighted by molar-refractivity contribution is 0.0949. The largest absolute Gasteiger partial charge is 0.378 e. The zero-order valence-corrected chi connectivity index (χ0v) is 18.7. The molecule has 0 atom stereocenters. The number of carbonyl (C=O) groups is 1. The Labute approximate surface area is 192 Å². The lowest BCUT2D eigenvalue weighted by atomic mass is 10.1. The second-order valence-electron chi connectivity index (χ2n) is 7.06. The summed E-state index contributed by atoms with van der Waals surface area (Å²) in [6.07, 6.45) is 3.10. The molecule has 3 aromatic heterocycles. The number of nitrogens with two attached hydrogens (primary N) is 1. The van der Waals surface area contributed by atoms with Crippen LogP contribution in [0.15, 0.2) is 51.5 Å². The first-order valence-electron chi connectivity index (χ1n) is 9.90. The first-order valence-corrected chi connectivity index (χ1v) is 10.9. The van der Waals surface area contributed by atoms with E-state index >= 15 is 0 Å². The fourth-order valence-electron chi connectivity index (χ4n) is 2.88. The summed E-state index contributed by atoms with van der Waals surface area (Å²) in [6.45, 7) is 1.85. The lowest BCUT2D eigenvalue weighted by Gasteiger charge is -2.06. The summed E-state index contributed by atoms with van der Waals surface area (Å²) < 4.78 is 7.74. The predicted molar refractivity (Wildman–Crippen MR) is 120 cm³/mol. The van der Waals surface area contributed by atoms with E-state index < -0.39 is 5.91 Å². The zero-order valence-electron chi connectivity index (χ0n) is 17.9. The van der Waals surface area contributed by atoms with Crippen LogP contribution in [0, 0.1) is 0 Å². The van der Waals surface area contributed by atoms with E-state index in [4.69, 9.17) is 5.73 Å². The topological polar surface area (TPSA) is 168 Å². The molecule has 0 radical (unpaired) electrons. The average molecular weight is 468 g/mol. The molecule has 3 N–H and O–H groups in total. The standard InChI is InChI=1S/C19H21N11O2S/c1-12(8-9-13-6-4-3-5-7-13)22-24-18(31)15-14(10-33-19-25-21-11-29(19)2)30(28-23-15)17-16(20)26-32-27-17/h3-7,11H,8-10H2,1-2H3,(H2,20,26)(H,24,31). The van der Waals surface area contributed by atoms with Crippen molar-refractivity contribution in [3.63, 3.8) is 0 Å². The number of nitrogen functional groups attached to an aromatic ring is 1. The molecule has 0 saturated carbocycles. The molecule has 3 heterocycles. The number of aryl methyl sites for hydroxylation is 2. The summed E-state index contributed by atoms with van der Waals surface area (Å²) in [5.41, 5.74) is 10.8. The van der Waals surface area contributed by atoms with Crippen molar-refractivity contribution in [2.75, 3.05) is 5.73 Å². The molecule has 1 amide bonds. The van der Waals surface area contributed by atoms with Gasteiger partial charge in [0.05, 0.1) is 5.69 Å². The van der Waals surface area contributed by atoms with E-state index in [9.17, 15) is 4.79 Å². The molecule has 1 aromatic carbocycles. The van der Waals surface area contributed by atoms with E-state index in [1.165, 1.54) is 22.0 Å². The van der Waals surface area contributed by atoms with E-state index in [1.54, 1.807) is 10.9 Å². The number of nitrogens with zero attached hydrogens (tertiary/aromatic N) is 9. The van der Waals surface area contributed by atoms with E-state index in [2.05, 4.69) is 58.1 Å². The van der Waals surface area contributed by atoms with Crippen LogP contribution in [0.5, 0.6) is 0 Å². The van der Waals surface area contributed by atoms with Crippen LogP contribution in [0.4, 0.5) is 5.82 Å². The van der Waals surface area contributed by atoms with Gasteiger partial charge in [-0.05, 0) is 35.6 Å². The number of hydrogen-bond acceptors (Lipinski definition) is 11. The van der Waals surface area contributed by atoms with Crippen molar-refractivity contribution in [1.82, 2.24) is 45.5 Å². The van der Waals surface area contributed by atoms with Crippen LogP contribution < -0.4 is 11.2 Å². The summed E-state index contributed by atoms with van der Waals surface area (Å²) in [4.78, 5) is 12.9. The number of hydrogen-bond donors (Lipinski definition) is 2. The van der Waals surface area contributed by atoms with Gasteiger partial charge >= 0.3 is 0 Å². The fourth-order valence-corrected chi connectivity index (χ4v) is 3.76. The highest BCUT2D eigenvalue weighted by Gasteiger charge is 2.24. The van der Waals surface area contributed by atoms with Crippen molar-refractivity contribution in [1.29, 1.82) is 0 Å². The van der Waals surface area contributed by atoms with E-state index in [1.807, 2.05) is 32.2 Å². The highest BCUT2D eigenvalue weighted by Crippen LogP contribution is 2.24. The first kappa shape index (κ1) is 22.1. The van der Waals surface area contributed by atoms with Gasteiger partial charge in [-0.15, -0.1) is 15.3 Å². The molecule has 33 heavy (non-hydrogen) atoms. The molecule has 0 bridgehead atoms. The van der Waals surface area contributed by atoms with Gasteiger partial charge in [0.25, 0.3) is 5.91 Å². The van der Waals surface area contributed by atoms with E-state index in [-0.39, 0.29) is 23.1 Å². The highest BCUT2D eigenvalue weighted by atomic mass is 32.2. The Hall–Kier alpha value is -4.07. The number of aromatic nitrogens is 8. The maximum absolute atomic E-state index is 12.9. The zero-order chi connectivity index (χ0) is 23.2. The Kier molecular flexibility index (Phi) is 6.73. The minimum absolute atomic E-state index is 0.0199. The number of rotatable bonds is 9. The number of benzene rings is 1. The SMILES string of the molecule is CC(CCc1ccccc1)=NNC(=O)c1nnn(-c2nonc2N)c1CSc1nncn1C. The Morgan fingerprint density at radius 1 is 1.24 bits per heavy atom. The number of amides is 1. The second kappa shape index (κ2) is 10.0. The van der Waals surface area contributed by atoms with Gasteiger partial charge in [-0.2, -0.15) is 9.78 Å². The quantitative estimate of drug-likeness (QED) is 0.208. The van der Waals surface area contributed by atoms with Crippen LogP contribution in [0.1, 0.15) is 35.1 Å². The van der Waals surface area contributed by atoms with Gasteiger partial charge in [0, 0.05) is 18.5 Å². The van der Waals surface area contributed by atoms with Crippen LogP contribution in [0.25, 0.3) is 5.82 Å². The molecular weight excluding hydrogens is 446 g/mol. The third-order valence-corrected chi connectivity index (χ3v) is 5.69. The predicted octanol–water partition coefficient (Wildman–Crippen LogP) is 1.39. The Balaban J connectivity index is 1.50. The third-order valence-electron chi connectivity index (χ3n) is 4.65. The molecule has 0 fully saturated rings. The minimum Gasteiger partial charge on any atom is -0.378 e. The van der Waals surface area contributed by atoms with Crippen LogP contribution in [0.3, 0.4) is 0 Å². The Morgan fingerprint density at radius 3 is 2.76 bits per heavy atom. The Morgan fingerprint density at radius 2 is 2.06 bits per heavy atom. The van der Waals surface area contributed by atoms with Gasteiger partial charge in [-0.3, -0.25) is 4.79 Å². The first-order chi connectivity index (χ1) is 16.0. The molecule has 0 saturated heterocycles. The molecule has 4 aromatic rings. The maximum atomic E-state index is 12.9. The van der Waals surface area contributed by atoms with Crippen molar-refractivity contribution in [2.24, 2.45) is 12.1 Å². The Bertz CT molecular complexity index is 1260. The monoisotopic (exact) mass is 467 g/mol. The van der Waals surface area contributed by atoms with Crippen molar-refractivity contribution in [3.05, 3.63) is 53.6 Å². The lowest BCUT2D eigenvalue weighted by Crippen LogP contribution is -2.21. The van der Waals surface area contributed by atoms with E-state index in [0.717, 1.165) is 12.1 Å². The van der Waals surface area contributed by atoms with Crippen LogP contribution in [-0.2, 0) is 19.2 Å². The average Bonchev–Trinajstić information content (AvgIpc) is 3.54. The summed E-state index contributed by atoms with van der Waals surface area (Å²) in [5.74, 6) is -0.0706. The molecule has 0 spiro atoms. The second-order valence-corrected chi connectivity index (χ2v) is 8.00. The maximum Gasteiger partial charge on any atom is 0.293 e. The van der Waals surface area contributed by atoms with E-state index in [0.29, 0.717) is 17.3 Å². The van der Waals surface area contributed by atoms with Crippen LogP contribution in [0.2, 0.25) is 0 Å². The van der Waals surface area contributed by atoms with Gasteiger partial charge in [0.15, 0.2) is 10.9 Å². The number of nitrogens with one attached hydrogen (secondary N) is 1. The molecule has 170 valence electrons. The normalized spacial score (nSPS) is 11.6. The molecule has 14 heteroatoms. The number of thioether (sulfide) groups is 1. The minimum atomic E-state index is -0.510. The van der Waals surface area contributed by atoms with Crippen molar-refractivity contribution < 1.29 is 9.42 Å². The van der Waals surface area contributed by atoms with Crippen molar-refractivity contribution in [2.45, 2.75) is 30.7 Å². The summed E-state index contributed by atoms with van der Waals surface area (Å²) in [6, 6.07) is 10.1. The smallest absolute Gasteiger partial charge is 0.293 e. The number of anilines is 1. The molecule has 0 aliphatic heterocycles. The third kappa shape index (κ3) is 5.23. The molecule has 4 rings (SSSR count). The highest BCUT2D eigenvalue weighted by molar-refractivity contribution is 7.98. The van der Waals surface area contributed by atoms with Gasteiger partial charge in [0.2, 0.25) is 11.6 Å². The summed E-state index contributed by atoms with van der Waals surface area (Å²) in [5, 5.41) is 28.1. The van der Waals surface area contributed by atoms with Crippen molar-refractivity contribution >= 4 is 29.2 Å². The summed E-state index contributed by atoms with van der Waals surface area (Å²) in [7, 11) is 1.82. The van der Waals surface area contributed by atoms with Gasteiger partial charge in [-0.25, -0.2) is 10.1 Å². The van der Waals surface area contributed by atoms with Gasteiger partial charge in [0.1, 0.15) is 6.33 Å². The number of carbonyl (C=O) groups excluding carboxylic acids is 1.